The Bertz CT molecular complexity index is 728. The number of anilines is 2. The average Bonchev–Trinajstić information content (AvgIpc) is 2.97. The minimum absolute atomic E-state index is 0.304. The third-order valence-electron chi connectivity index (χ3n) is 3.50. The van der Waals surface area contributed by atoms with Crippen LogP contribution in [0.4, 0.5) is 16.0 Å². The van der Waals surface area contributed by atoms with Crippen LogP contribution < -0.4 is 10.2 Å². The summed E-state index contributed by atoms with van der Waals surface area (Å²) in [6, 6.07) is 5.12. The Hall–Kier alpha value is -1.48. The summed E-state index contributed by atoms with van der Waals surface area (Å²) >= 11 is 7.89. The summed E-state index contributed by atoms with van der Waals surface area (Å²) in [4.78, 5) is 22.4. The van der Waals surface area contributed by atoms with Crippen molar-refractivity contribution in [3.05, 3.63) is 44.7 Å². The predicted octanol–water partition coefficient (Wildman–Crippen LogP) is 3.54. The van der Waals surface area contributed by atoms with E-state index >= 15 is 0 Å². The second kappa shape index (κ2) is 6.96. The largest absolute Gasteiger partial charge is 0.354 e. The summed E-state index contributed by atoms with van der Waals surface area (Å²) in [5.74, 6) is 0.825. The number of amides is 1. The zero-order valence-corrected chi connectivity index (χ0v) is 14.9. The number of hydrogen-bond acceptors (Lipinski definition) is 4. The van der Waals surface area contributed by atoms with Crippen LogP contribution in [0.15, 0.2) is 30.6 Å². The van der Waals surface area contributed by atoms with Crippen molar-refractivity contribution in [2.75, 3.05) is 23.3 Å². The van der Waals surface area contributed by atoms with Gasteiger partial charge in [-0.25, -0.2) is 14.4 Å². The smallest absolute Gasteiger partial charge is 0.258 e. The molecule has 0 aromatic carbocycles. The molecule has 1 aliphatic heterocycles. The van der Waals surface area contributed by atoms with Crippen LogP contribution in [0.5, 0.6) is 0 Å². The third-order valence-corrected chi connectivity index (χ3v) is 4.53. The summed E-state index contributed by atoms with van der Waals surface area (Å²) in [7, 11) is 0. The first-order chi connectivity index (χ1) is 11.0. The lowest BCUT2D eigenvalue weighted by Crippen LogP contribution is -2.21. The van der Waals surface area contributed by atoms with Gasteiger partial charge in [0.15, 0.2) is 0 Å². The SMILES string of the molecule is O=C(Nc1ncc(Cl)cc1I)c1ccc(N2CC[C@@H](F)C2)nc1. The molecular weight excluding hydrogens is 434 g/mol. The molecule has 1 saturated heterocycles. The molecule has 23 heavy (non-hydrogen) atoms. The first-order valence-electron chi connectivity index (χ1n) is 7.00. The van der Waals surface area contributed by atoms with E-state index in [2.05, 4.69) is 37.9 Å². The van der Waals surface area contributed by atoms with Crippen LogP contribution >= 0.6 is 34.2 Å². The first-order valence-corrected chi connectivity index (χ1v) is 8.46. The maximum atomic E-state index is 13.2. The highest BCUT2D eigenvalue weighted by Gasteiger charge is 2.22. The molecule has 3 rings (SSSR count). The van der Waals surface area contributed by atoms with E-state index in [1.807, 2.05) is 4.90 Å². The minimum atomic E-state index is -0.808. The normalized spacial score (nSPS) is 17.3. The van der Waals surface area contributed by atoms with E-state index in [1.54, 1.807) is 18.2 Å². The van der Waals surface area contributed by atoms with Crippen molar-refractivity contribution in [1.82, 2.24) is 9.97 Å². The van der Waals surface area contributed by atoms with E-state index in [0.717, 1.165) is 3.57 Å². The van der Waals surface area contributed by atoms with E-state index in [4.69, 9.17) is 11.6 Å². The zero-order valence-electron chi connectivity index (χ0n) is 12.0. The molecule has 0 radical (unpaired) electrons. The fourth-order valence-electron chi connectivity index (χ4n) is 2.32. The molecule has 0 bridgehead atoms. The van der Waals surface area contributed by atoms with Crippen molar-refractivity contribution in [1.29, 1.82) is 0 Å². The number of rotatable bonds is 3. The van der Waals surface area contributed by atoms with Gasteiger partial charge in [-0.05, 0) is 47.2 Å². The molecular formula is C15H13ClFIN4O. The molecule has 2 aromatic rings. The van der Waals surface area contributed by atoms with Crippen molar-refractivity contribution >= 4 is 51.7 Å². The standard InChI is InChI=1S/C15H13ClFIN4O/c16-10-5-12(18)14(20-7-10)21-15(23)9-1-2-13(19-6-9)22-4-3-11(17)8-22/h1-2,5-7,11H,3-4,8H2,(H,20,21,23)/t11-/m1/s1. The molecule has 0 spiro atoms. The van der Waals surface area contributed by atoms with Gasteiger partial charge in [-0.2, -0.15) is 0 Å². The van der Waals surface area contributed by atoms with Crippen LogP contribution in [0.25, 0.3) is 0 Å². The van der Waals surface area contributed by atoms with Crippen molar-refractivity contribution in [3.8, 4) is 0 Å². The molecule has 5 nitrogen and oxygen atoms in total. The number of carbonyl (C=O) groups excluding carboxylic acids is 1. The molecule has 0 unspecified atom stereocenters. The lowest BCUT2D eigenvalue weighted by molar-refractivity contribution is 0.102. The molecule has 3 heterocycles. The zero-order chi connectivity index (χ0) is 16.4. The van der Waals surface area contributed by atoms with Gasteiger partial charge in [0.2, 0.25) is 0 Å². The number of halogens is 3. The van der Waals surface area contributed by atoms with E-state index in [0.29, 0.717) is 41.7 Å². The number of nitrogens with zero attached hydrogens (tertiary/aromatic N) is 3. The fraction of sp³-hybridized carbons (Fsp3) is 0.267. The van der Waals surface area contributed by atoms with Crippen molar-refractivity contribution in [2.45, 2.75) is 12.6 Å². The Kier molecular flexibility index (Phi) is 4.96. The van der Waals surface area contributed by atoms with E-state index in [-0.39, 0.29) is 5.91 Å². The Morgan fingerprint density at radius 3 is 2.83 bits per heavy atom. The molecule has 8 heteroatoms. The predicted molar refractivity (Wildman–Crippen MR) is 95.9 cm³/mol. The average molecular weight is 447 g/mol. The molecule has 120 valence electrons. The maximum absolute atomic E-state index is 13.2. The molecule has 0 saturated carbocycles. The van der Waals surface area contributed by atoms with Gasteiger partial charge in [0, 0.05) is 18.9 Å². The number of pyridine rings is 2. The monoisotopic (exact) mass is 446 g/mol. The summed E-state index contributed by atoms with van der Waals surface area (Å²) in [5, 5.41) is 3.23. The quantitative estimate of drug-likeness (QED) is 0.733. The van der Waals surface area contributed by atoms with Crippen molar-refractivity contribution in [3.63, 3.8) is 0 Å². The summed E-state index contributed by atoms with van der Waals surface area (Å²) in [6.07, 6.45) is 2.67. The topological polar surface area (TPSA) is 58.1 Å². The van der Waals surface area contributed by atoms with Crippen LogP contribution in [0.2, 0.25) is 5.02 Å². The van der Waals surface area contributed by atoms with Crippen molar-refractivity contribution in [2.24, 2.45) is 0 Å². The van der Waals surface area contributed by atoms with Crippen molar-refractivity contribution < 1.29 is 9.18 Å². The Balaban J connectivity index is 1.70. The highest BCUT2D eigenvalue weighted by atomic mass is 127. The van der Waals surface area contributed by atoms with Gasteiger partial charge in [-0.15, -0.1) is 0 Å². The molecule has 1 aliphatic rings. The Morgan fingerprint density at radius 1 is 1.39 bits per heavy atom. The van der Waals surface area contributed by atoms with Gasteiger partial charge in [-0.1, -0.05) is 11.6 Å². The van der Waals surface area contributed by atoms with Crippen LogP contribution in [0.1, 0.15) is 16.8 Å². The van der Waals surface area contributed by atoms with Crippen LogP contribution in [-0.4, -0.2) is 35.1 Å². The second-order valence-corrected chi connectivity index (χ2v) is 6.77. The number of nitrogens with one attached hydrogen (secondary N) is 1. The van der Waals surface area contributed by atoms with Crippen LogP contribution in [0, 0.1) is 3.57 Å². The Morgan fingerprint density at radius 2 is 2.22 bits per heavy atom. The van der Waals surface area contributed by atoms with Gasteiger partial charge in [0.25, 0.3) is 5.91 Å². The van der Waals surface area contributed by atoms with Gasteiger partial charge in [0.05, 0.1) is 20.7 Å². The van der Waals surface area contributed by atoms with Crippen LogP contribution in [0.3, 0.4) is 0 Å². The Labute approximate surface area is 151 Å². The maximum Gasteiger partial charge on any atom is 0.258 e. The summed E-state index contributed by atoms with van der Waals surface area (Å²) < 4.78 is 14.0. The van der Waals surface area contributed by atoms with E-state index in [9.17, 15) is 9.18 Å². The molecule has 1 amide bonds. The lowest BCUT2D eigenvalue weighted by atomic mass is 10.2. The third kappa shape index (κ3) is 3.89. The van der Waals surface area contributed by atoms with Gasteiger partial charge in [0.1, 0.15) is 17.8 Å². The lowest BCUT2D eigenvalue weighted by Gasteiger charge is -2.16. The number of alkyl halides is 1. The van der Waals surface area contributed by atoms with E-state index < -0.39 is 6.17 Å². The molecule has 1 N–H and O–H groups in total. The molecule has 1 fully saturated rings. The molecule has 0 aliphatic carbocycles. The highest BCUT2D eigenvalue weighted by Crippen LogP contribution is 2.22. The first kappa shape index (κ1) is 16.4. The highest BCUT2D eigenvalue weighted by molar-refractivity contribution is 14.1. The second-order valence-electron chi connectivity index (χ2n) is 5.18. The molecule has 2 aromatic heterocycles. The summed E-state index contributed by atoms with van der Waals surface area (Å²) in [5.41, 5.74) is 0.414. The minimum Gasteiger partial charge on any atom is -0.354 e. The number of hydrogen-bond donors (Lipinski definition) is 1. The van der Waals surface area contributed by atoms with Gasteiger partial charge >= 0.3 is 0 Å². The van der Waals surface area contributed by atoms with E-state index in [1.165, 1.54) is 12.4 Å². The fourth-order valence-corrected chi connectivity index (χ4v) is 3.27. The summed E-state index contributed by atoms with van der Waals surface area (Å²) in [6.45, 7) is 0.998. The van der Waals surface area contributed by atoms with Crippen LogP contribution in [-0.2, 0) is 0 Å². The van der Waals surface area contributed by atoms with Gasteiger partial charge in [-0.3, -0.25) is 4.79 Å². The number of aromatic nitrogens is 2. The molecule has 1 atom stereocenters. The van der Waals surface area contributed by atoms with Gasteiger partial charge < -0.3 is 10.2 Å². The number of carbonyl (C=O) groups is 1.